The van der Waals surface area contributed by atoms with Gasteiger partial charge in [-0.2, -0.15) is 0 Å². The lowest BCUT2D eigenvalue weighted by Gasteiger charge is -2.46. The molecule has 0 radical (unpaired) electrons. The van der Waals surface area contributed by atoms with Gasteiger partial charge in [-0.25, -0.2) is 0 Å². The molecule has 0 aromatic rings. The third-order valence-electron chi connectivity index (χ3n) is 3.78. The molecule has 2 saturated heterocycles. The summed E-state index contributed by atoms with van der Waals surface area (Å²) in [5.41, 5.74) is 0. The van der Waals surface area contributed by atoms with Crippen LogP contribution in [0.25, 0.3) is 0 Å². The van der Waals surface area contributed by atoms with Crippen LogP contribution in [0.15, 0.2) is 0 Å². The monoisotopic (exact) mass is 277 g/mol. The van der Waals surface area contributed by atoms with Crippen LogP contribution in [0.1, 0.15) is 13.8 Å². The van der Waals surface area contributed by atoms with Crippen LogP contribution in [0, 0.1) is 0 Å². The van der Waals surface area contributed by atoms with Crippen molar-refractivity contribution in [3.63, 3.8) is 0 Å². The van der Waals surface area contributed by atoms with Crippen molar-refractivity contribution in [2.24, 2.45) is 0 Å². The summed E-state index contributed by atoms with van der Waals surface area (Å²) in [6.07, 6.45) is -6.03. The predicted molar refractivity (Wildman–Crippen MR) is 65.3 cm³/mol. The van der Waals surface area contributed by atoms with Gasteiger partial charge in [-0.15, -0.1) is 0 Å². The van der Waals surface area contributed by atoms with Crippen LogP contribution in [0.2, 0.25) is 0 Å². The van der Waals surface area contributed by atoms with Crippen molar-refractivity contribution in [1.29, 1.82) is 0 Å². The highest BCUT2D eigenvalue weighted by Gasteiger charge is 2.45. The first-order valence-corrected chi connectivity index (χ1v) is 6.64. The molecule has 2 aliphatic heterocycles. The standard InChI is InChI=1S/C12H23NO6/c1-6(2)13-3-7(4-13)18-12-11(17)10(16)9(15)8(5-14)19-12/h6-12,14-17H,3-5H2,1-2H3/t8?,9-,10-,11?,12?/m0/s1. The molecule has 0 spiro atoms. The summed E-state index contributed by atoms with van der Waals surface area (Å²) >= 11 is 0. The predicted octanol–water partition coefficient (Wildman–Crippen LogP) is -2.10. The fraction of sp³-hybridized carbons (Fsp3) is 1.00. The van der Waals surface area contributed by atoms with Gasteiger partial charge in [0.05, 0.1) is 12.7 Å². The van der Waals surface area contributed by atoms with Crippen LogP contribution in [0.5, 0.6) is 0 Å². The summed E-state index contributed by atoms with van der Waals surface area (Å²) in [7, 11) is 0. The maximum absolute atomic E-state index is 9.81. The van der Waals surface area contributed by atoms with E-state index in [-0.39, 0.29) is 6.10 Å². The second-order valence-corrected chi connectivity index (χ2v) is 5.50. The Kier molecular flexibility index (Phi) is 4.78. The van der Waals surface area contributed by atoms with Gasteiger partial charge in [-0.1, -0.05) is 0 Å². The molecule has 0 bridgehead atoms. The third-order valence-corrected chi connectivity index (χ3v) is 3.78. The van der Waals surface area contributed by atoms with Crippen LogP contribution in [-0.2, 0) is 9.47 Å². The zero-order chi connectivity index (χ0) is 14.2. The van der Waals surface area contributed by atoms with E-state index in [9.17, 15) is 15.3 Å². The van der Waals surface area contributed by atoms with Gasteiger partial charge in [0, 0.05) is 19.1 Å². The van der Waals surface area contributed by atoms with E-state index in [0.717, 1.165) is 13.1 Å². The molecule has 112 valence electrons. The number of rotatable bonds is 4. The Labute approximate surface area is 112 Å². The first-order chi connectivity index (χ1) is 8.93. The van der Waals surface area contributed by atoms with Gasteiger partial charge in [-0.3, -0.25) is 4.90 Å². The fourth-order valence-corrected chi connectivity index (χ4v) is 2.35. The first kappa shape index (κ1) is 15.1. The molecule has 2 heterocycles. The van der Waals surface area contributed by atoms with Crippen molar-refractivity contribution in [1.82, 2.24) is 4.90 Å². The lowest BCUT2D eigenvalue weighted by atomic mass is 9.99. The van der Waals surface area contributed by atoms with Crippen molar-refractivity contribution >= 4 is 0 Å². The maximum Gasteiger partial charge on any atom is 0.187 e. The Hall–Kier alpha value is -0.280. The molecule has 0 aromatic carbocycles. The number of aliphatic hydroxyl groups excluding tert-OH is 4. The normalized spacial score (nSPS) is 41.5. The Morgan fingerprint density at radius 2 is 1.79 bits per heavy atom. The van der Waals surface area contributed by atoms with Gasteiger partial charge >= 0.3 is 0 Å². The molecule has 2 fully saturated rings. The van der Waals surface area contributed by atoms with Crippen molar-refractivity contribution in [3.8, 4) is 0 Å². The van der Waals surface area contributed by atoms with Gasteiger partial charge in [0.2, 0.25) is 0 Å². The molecule has 3 unspecified atom stereocenters. The number of ether oxygens (including phenoxy) is 2. The average molecular weight is 277 g/mol. The second kappa shape index (κ2) is 6.01. The smallest absolute Gasteiger partial charge is 0.187 e. The number of aliphatic hydroxyl groups is 4. The highest BCUT2D eigenvalue weighted by Crippen LogP contribution is 2.25. The largest absolute Gasteiger partial charge is 0.394 e. The maximum atomic E-state index is 9.81. The molecular formula is C12H23NO6. The Morgan fingerprint density at radius 1 is 1.16 bits per heavy atom. The minimum Gasteiger partial charge on any atom is -0.394 e. The Morgan fingerprint density at radius 3 is 2.32 bits per heavy atom. The van der Waals surface area contributed by atoms with E-state index in [0.29, 0.717) is 6.04 Å². The molecule has 0 aliphatic carbocycles. The van der Waals surface area contributed by atoms with Crippen molar-refractivity contribution in [2.45, 2.75) is 56.7 Å². The van der Waals surface area contributed by atoms with E-state index in [1.807, 2.05) is 0 Å². The quantitative estimate of drug-likeness (QED) is 0.466. The number of nitrogens with zero attached hydrogens (tertiary/aromatic N) is 1. The summed E-state index contributed by atoms with van der Waals surface area (Å²) in [5.74, 6) is 0. The van der Waals surface area contributed by atoms with Crippen LogP contribution in [-0.4, -0.2) is 87.9 Å². The molecule has 7 heteroatoms. The van der Waals surface area contributed by atoms with Gasteiger partial charge in [0.1, 0.15) is 24.4 Å². The summed E-state index contributed by atoms with van der Waals surface area (Å²) in [5, 5.41) is 38.1. The van der Waals surface area contributed by atoms with E-state index in [1.165, 1.54) is 0 Å². The van der Waals surface area contributed by atoms with Crippen molar-refractivity contribution in [3.05, 3.63) is 0 Å². The van der Waals surface area contributed by atoms with E-state index in [4.69, 9.17) is 14.6 Å². The molecule has 2 rings (SSSR count). The highest BCUT2D eigenvalue weighted by atomic mass is 16.7. The van der Waals surface area contributed by atoms with Gasteiger partial charge in [0.15, 0.2) is 6.29 Å². The number of hydrogen-bond donors (Lipinski definition) is 4. The molecule has 19 heavy (non-hydrogen) atoms. The fourth-order valence-electron chi connectivity index (χ4n) is 2.35. The lowest BCUT2D eigenvalue weighted by molar-refractivity contribution is -0.320. The van der Waals surface area contributed by atoms with Crippen LogP contribution in [0.3, 0.4) is 0 Å². The highest BCUT2D eigenvalue weighted by molar-refractivity contribution is 4.91. The molecule has 4 N–H and O–H groups in total. The minimum absolute atomic E-state index is 0.0659. The number of hydrogen-bond acceptors (Lipinski definition) is 7. The molecule has 5 atom stereocenters. The number of likely N-dealkylation sites (tertiary alicyclic amines) is 1. The zero-order valence-electron chi connectivity index (χ0n) is 11.2. The van der Waals surface area contributed by atoms with E-state index in [1.54, 1.807) is 0 Å². The summed E-state index contributed by atoms with van der Waals surface area (Å²) in [4.78, 5) is 2.20. The van der Waals surface area contributed by atoms with Crippen molar-refractivity contribution < 1.29 is 29.9 Å². The van der Waals surface area contributed by atoms with Gasteiger partial charge in [0.25, 0.3) is 0 Å². The van der Waals surface area contributed by atoms with E-state index in [2.05, 4.69) is 18.7 Å². The first-order valence-electron chi connectivity index (χ1n) is 6.64. The average Bonchev–Trinajstić information content (AvgIpc) is 2.32. The molecule has 0 amide bonds. The van der Waals surface area contributed by atoms with Crippen LogP contribution < -0.4 is 0 Å². The topological polar surface area (TPSA) is 103 Å². The zero-order valence-corrected chi connectivity index (χ0v) is 11.2. The molecule has 2 aliphatic rings. The third kappa shape index (κ3) is 3.08. The summed E-state index contributed by atoms with van der Waals surface area (Å²) in [6.45, 7) is 5.22. The summed E-state index contributed by atoms with van der Waals surface area (Å²) in [6, 6.07) is 0.439. The van der Waals surface area contributed by atoms with Crippen molar-refractivity contribution in [2.75, 3.05) is 19.7 Å². The van der Waals surface area contributed by atoms with E-state index < -0.39 is 37.3 Å². The SMILES string of the molecule is CC(C)N1CC(OC2OC(CO)[C@H](O)[C@H](O)C2O)C1. The lowest BCUT2D eigenvalue weighted by Crippen LogP contribution is -2.62. The minimum atomic E-state index is -1.38. The molecule has 0 aromatic heterocycles. The molecular weight excluding hydrogens is 254 g/mol. The Balaban J connectivity index is 1.86. The summed E-state index contributed by atoms with van der Waals surface area (Å²) < 4.78 is 10.9. The second-order valence-electron chi connectivity index (χ2n) is 5.50. The van der Waals surface area contributed by atoms with Crippen LogP contribution in [0.4, 0.5) is 0 Å². The van der Waals surface area contributed by atoms with Crippen LogP contribution >= 0.6 is 0 Å². The molecule has 7 nitrogen and oxygen atoms in total. The van der Waals surface area contributed by atoms with Gasteiger partial charge in [-0.05, 0) is 13.8 Å². The van der Waals surface area contributed by atoms with E-state index >= 15 is 0 Å². The Bertz CT molecular complexity index is 294. The van der Waals surface area contributed by atoms with Gasteiger partial charge < -0.3 is 29.9 Å². The molecule has 0 saturated carbocycles.